The second-order valence-corrected chi connectivity index (χ2v) is 2.05. The van der Waals surface area contributed by atoms with Crippen LogP contribution in [0.5, 0.6) is 0 Å². The van der Waals surface area contributed by atoms with Crippen LogP contribution >= 0.6 is 0 Å². The van der Waals surface area contributed by atoms with E-state index in [4.69, 9.17) is 0 Å². The van der Waals surface area contributed by atoms with E-state index in [1.165, 1.54) is 0 Å². The SMILES string of the molecule is C/C=C/CN(CC)CC. The van der Waals surface area contributed by atoms with E-state index in [0.29, 0.717) is 0 Å². The van der Waals surface area contributed by atoms with Gasteiger partial charge in [0.25, 0.3) is 0 Å². The fourth-order valence-electron chi connectivity index (χ4n) is 0.736. The Morgan fingerprint density at radius 3 is 2.11 bits per heavy atom. The molecule has 0 rings (SSSR count). The quantitative estimate of drug-likeness (QED) is 0.521. The minimum atomic E-state index is 1.10. The lowest BCUT2D eigenvalue weighted by atomic mass is 10.4. The lowest BCUT2D eigenvalue weighted by Gasteiger charge is -2.14. The first-order valence-corrected chi connectivity index (χ1v) is 3.68. The summed E-state index contributed by atoms with van der Waals surface area (Å²) >= 11 is 0. The molecule has 0 saturated carbocycles. The Morgan fingerprint density at radius 2 is 1.78 bits per heavy atom. The largest absolute Gasteiger partial charge is 0.300 e. The van der Waals surface area contributed by atoms with Crippen molar-refractivity contribution >= 4 is 0 Å². The molecule has 0 aromatic rings. The van der Waals surface area contributed by atoms with Crippen molar-refractivity contribution in [2.45, 2.75) is 20.8 Å². The van der Waals surface area contributed by atoms with Crippen LogP contribution in [0.2, 0.25) is 0 Å². The maximum atomic E-state index is 2.38. The Balaban J connectivity index is 3.31. The molecule has 0 amide bonds. The highest BCUT2D eigenvalue weighted by Gasteiger charge is 1.91. The van der Waals surface area contributed by atoms with Crippen molar-refractivity contribution < 1.29 is 0 Å². The lowest BCUT2D eigenvalue weighted by Crippen LogP contribution is -2.22. The third-order valence-electron chi connectivity index (χ3n) is 1.49. The van der Waals surface area contributed by atoms with Crippen LogP contribution in [0.1, 0.15) is 20.8 Å². The monoisotopic (exact) mass is 127 g/mol. The van der Waals surface area contributed by atoms with Gasteiger partial charge in [-0.3, -0.25) is 0 Å². The van der Waals surface area contributed by atoms with Gasteiger partial charge in [0.05, 0.1) is 0 Å². The van der Waals surface area contributed by atoms with Gasteiger partial charge in [-0.15, -0.1) is 0 Å². The molecular formula is C8H17N. The molecule has 0 bridgehead atoms. The van der Waals surface area contributed by atoms with Gasteiger partial charge in [0.15, 0.2) is 0 Å². The fourth-order valence-corrected chi connectivity index (χ4v) is 0.736. The molecule has 0 heterocycles. The van der Waals surface area contributed by atoms with Crippen molar-refractivity contribution in [1.82, 2.24) is 4.90 Å². The third-order valence-corrected chi connectivity index (χ3v) is 1.49. The van der Waals surface area contributed by atoms with Gasteiger partial charge in [-0.1, -0.05) is 26.0 Å². The van der Waals surface area contributed by atoms with E-state index in [2.05, 4.69) is 37.8 Å². The number of allylic oxidation sites excluding steroid dienone is 1. The van der Waals surface area contributed by atoms with Crippen LogP contribution in [0.25, 0.3) is 0 Å². The van der Waals surface area contributed by atoms with E-state index >= 15 is 0 Å². The van der Waals surface area contributed by atoms with Crippen LogP contribution < -0.4 is 0 Å². The summed E-state index contributed by atoms with van der Waals surface area (Å²) in [5, 5.41) is 0. The number of hydrogen-bond donors (Lipinski definition) is 0. The number of rotatable bonds is 4. The van der Waals surface area contributed by atoms with Gasteiger partial charge in [-0.05, 0) is 20.0 Å². The van der Waals surface area contributed by atoms with Crippen LogP contribution in [-0.2, 0) is 0 Å². The number of nitrogens with zero attached hydrogens (tertiary/aromatic N) is 1. The van der Waals surface area contributed by atoms with E-state index in [9.17, 15) is 0 Å². The average Bonchev–Trinajstić information content (AvgIpc) is 1.91. The van der Waals surface area contributed by atoms with Gasteiger partial charge in [0, 0.05) is 6.54 Å². The van der Waals surface area contributed by atoms with Gasteiger partial charge in [-0.2, -0.15) is 0 Å². The first-order chi connectivity index (χ1) is 4.35. The Hall–Kier alpha value is -0.300. The van der Waals surface area contributed by atoms with Crippen LogP contribution in [0.3, 0.4) is 0 Å². The molecule has 0 spiro atoms. The maximum absolute atomic E-state index is 2.38. The van der Waals surface area contributed by atoms with Gasteiger partial charge in [-0.25, -0.2) is 0 Å². The Kier molecular flexibility index (Phi) is 5.64. The molecule has 0 unspecified atom stereocenters. The fraction of sp³-hybridized carbons (Fsp3) is 0.750. The Morgan fingerprint density at radius 1 is 1.22 bits per heavy atom. The van der Waals surface area contributed by atoms with Crippen LogP contribution in [0, 0.1) is 0 Å². The molecular weight excluding hydrogens is 110 g/mol. The molecule has 0 saturated heterocycles. The smallest absolute Gasteiger partial charge is 0.0162 e. The standard InChI is InChI=1S/C8H17N/c1-4-7-8-9(5-2)6-3/h4,7H,5-6,8H2,1-3H3/b7-4+. The zero-order chi connectivity index (χ0) is 7.11. The molecule has 0 N–H and O–H groups in total. The molecule has 0 aliphatic heterocycles. The second kappa shape index (κ2) is 5.83. The Bertz CT molecular complexity index is 72.6. The molecule has 0 fully saturated rings. The average molecular weight is 127 g/mol. The van der Waals surface area contributed by atoms with Gasteiger partial charge in [0.1, 0.15) is 0 Å². The van der Waals surface area contributed by atoms with Crippen molar-refractivity contribution in [2.24, 2.45) is 0 Å². The lowest BCUT2D eigenvalue weighted by molar-refractivity contribution is 0.337. The number of likely N-dealkylation sites (N-methyl/N-ethyl adjacent to an activating group) is 1. The molecule has 9 heavy (non-hydrogen) atoms. The summed E-state index contributed by atoms with van der Waals surface area (Å²) in [5.74, 6) is 0. The number of hydrogen-bond acceptors (Lipinski definition) is 1. The summed E-state index contributed by atoms with van der Waals surface area (Å²) in [6.07, 6.45) is 4.28. The normalized spacial score (nSPS) is 11.6. The minimum Gasteiger partial charge on any atom is -0.300 e. The second-order valence-electron chi connectivity index (χ2n) is 2.05. The molecule has 0 aromatic heterocycles. The zero-order valence-electron chi connectivity index (χ0n) is 6.72. The van der Waals surface area contributed by atoms with Gasteiger partial charge in [0.2, 0.25) is 0 Å². The van der Waals surface area contributed by atoms with Crippen molar-refractivity contribution in [1.29, 1.82) is 0 Å². The third kappa shape index (κ3) is 4.22. The van der Waals surface area contributed by atoms with E-state index in [-0.39, 0.29) is 0 Å². The van der Waals surface area contributed by atoms with Crippen molar-refractivity contribution in [2.75, 3.05) is 19.6 Å². The summed E-state index contributed by atoms with van der Waals surface area (Å²) in [4.78, 5) is 2.38. The Labute approximate surface area is 58.4 Å². The molecule has 0 aliphatic rings. The highest BCUT2D eigenvalue weighted by Crippen LogP contribution is 1.85. The van der Waals surface area contributed by atoms with Crippen LogP contribution in [-0.4, -0.2) is 24.5 Å². The zero-order valence-corrected chi connectivity index (χ0v) is 6.72. The maximum Gasteiger partial charge on any atom is 0.0162 e. The summed E-state index contributed by atoms with van der Waals surface area (Å²) in [6.45, 7) is 9.84. The first-order valence-electron chi connectivity index (χ1n) is 3.68. The summed E-state index contributed by atoms with van der Waals surface area (Å²) < 4.78 is 0. The van der Waals surface area contributed by atoms with Crippen LogP contribution in [0.4, 0.5) is 0 Å². The molecule has 54 valence electrons. The molecule has 1 heteroatoms. The van der Waals surface area contributed by atoms with Crippen molar-refractivity contribution in [3.63, 3.8) is 0 Å². The van der Waals surface area contributed by atoms with E-state index in [1.54, 1.807) is 0 Å². The predicted octanol–water partition coefficient (Wildman–Crippen LogP) is 1.90. The van der Waals surface area contributed by atoms with Crippen LogP contribution in [0.15, 0.2) is 12.2 Å². The first kappa shape index (κ1) is 8.70. The van der Waals surface area contributed by atoms with Crippen molar-refractivity contribution in [3.8, 4) is 0 Å². The van der Waals surface area contributed by atoms with Gasteiger partial charge >= 0.3 is 0 Å². The molecule has 0 aromatic carbocycles. The van der Waals surface area contributed by atoms with Crippen molar-refractivity contribution in [3.05, 3.63) is 12.2 Å². The summed E-state index contributed by atoms with van der Waals surface area (Å²) in [6, 6.07) is 0. The minimum absolute atomic E-state index is 1.10. The van der Waals surface area contributed by atoms with E-state index in [0.717, 1.165) is 19.6 Å². The summed E-state index contributed by atoms with van der Waals surface area (Å²) in [7, 11) is 0. The molecule has 0 atom stereocenters. The topological polar surface area (TPSA) is 3.24 Å². The molecule has 1 nitrogen and oxygen atoms in total. The molecule has 0 aliphatic carbocycles. The van der Waals surface area contributed by atoms with E-state index in [1.807, 2.05) is 0 Å². The predicted molar refractivity (Wildman–Crippen MR) is 42.6 cm³/mol. The highest BCUT2D eigenvalue weighted by atomic mass is 15.1. The highest BCUT2D eigenvalue weighted by molar-refractivity contribution is 4.80. The van der Waals surface area contributed by atoms with Gasteiger partial charge < -0.3 is 4.90 Å². The molecule has 0 radical (unpaired) electrons. The summed E-state index contributed by atoms with van der Waals surface area (Å²) in [5.41, 5.74) is 0. The van der Waals surface area contributed by atoms with E-state index < -0.39 is 0 Å².